The molecule has 1 saturated carbocycles. The zero-order chi connectivity index (χ0) is 15.1. The van der Waals surface area contributed by atoms with Gasteiger partial charge in [0.15, 0.2) is 0 Å². The van der Waals surface area contributed by atoms with Crippen molar-refractivity contribution < 1.29 is 4.74 Å². The summed E-state index contributed by atoms with van der Waals surface area (Å²) in [4.78, 5) is 0. The number of ether oxygens (including phenoxy) is 1. The molecule has 4 nitrogen and oxygen atoms in total. The summed E-state index contributed by atoms with van der Waals surface area (Å²) in [5.74, 6) is 0. The van der Waals surface area contributed by atoms with Crippen LogP contribution in [0.15, 0.2) is 12.3 Å². The molecule has 0 spiro atoms. The van der Waals surface area contributed by atoms with Crippen LogP contribution in [0.2, 0.25) is 0 Å². The van der Waals surface area contributed by atoms with E-state index in [0.717, 1.165) is 25.3 Å². The Morgan fingerprint density at radius 3 is 2.52 bits per heavy atom. The van der Waals surface area contributed by atoms with Crippen molar-refractivity contribution in [3.63, 3.8) is 0 Å². The summed E-state index contributed by atoms with van der Waals surface area (Å²) < 4.78 is 8.23. The van der Waals surface area contributed by atoms with Gasteiger partial charge in [0, 0.05) is 32.3 Å². The Morgan fingerprint density at radius 2 is 2.00 bits per heavy atom. The fourth-order valence-electron chi connectivity index (χ4n) is 3.68. The molecule has 2 rings (SSSR count). The fraction of sp³-hybridized carbons (Fsp3) is 0.824. The molecule has 0 saturated heterocycles. The summed E-state index contributed by atoms with van der Waals surface area (Å²) >= 11 is 0. The number of aryl methyl sites for hydroxylation is 1. The lowest BCUT2D eigenvalue weighted by molar-refractivity contribution is -0.0766. The highest BCUT2D eigenvalue weighted by Crippen LogP contribution is 2.34. The van der Waals surface area contributed by atoms with E-state index < -0.39 is 0 Å². The Labute approximate surface area is 129 Å². The molecule has 0 radical (unpaired) electrons. The lowest BCUT2D eigenvalue weighted by Gasteiger charge is -2.40. The second-order valence-corrected chi connectivity index (χ2v) is 6.21. The van der Waals surface area contributed by atoms with Crippen LogP contribution in [0.1, 0.15) is 58.1 Å². The zero-order valence-electron chi connectivity index (χ0n) is 13.9. The summed E-state index contributed by atoms with van der Waals surface area (Å²) in [5, 5.41) is 8.25. The fourth-order valence-corrected chi connectivity index (χ4v) is 3.68. The van der Waals surface area contributed by atoms with Crippen LogP contribution in [-0.2, 0) is 18.2 Å². The van der Waals surface area contributed by atoms with E-state index in [-0.39, 0.29) is 5.60 Å². The third kappa shape index (κ3) is 4.30. The molecule has 0 amide bonds. The molecular weight excluding hydrogens is 262 g/mol. The third-order valence-corrected chi connectivity index (χ3v) is 4.65. The summed E-state index contributed by atoms with van der Waals surface area (Å²) in [7, 11) is 1.98. The maximum atomic E-state index is 6.35. The smallest absolute Gasteiger partial charge is 0.0838 e. The van der Waals surface area contributed by atoms with E-state index in [1.807, 2.05) is 17.9 Å². The van der Waals surface area contributed by atoms with Crippen LogP contribution >= 0.6 is 0 Å². The van der Waals surface area contributed by atoms with Gasteiger partial charge in [-0.3, -0.25) is 4.68 Å². The molecule has 0 bridgehead atoms. The third-order valence-electron chi connectivity index (χ3n) is 4.65. The first kappa shape index (κ1) is 16.5. The van der Waals surface area contributed by atoms with Gasteiger partial charge in [-0.15, -0.1) is 0 Å². The van der Waals surface area contributed by atoms with Gasteiger partial charge in [0.1, 0.15) is 0 Å². The predicted octanol–water partition coefficient (Wildman–Crippen LogP) is 3.07. The number of nitrogens with one attached hydrogen (secondary N) is 1. The van der Waals surface area contributed by atoms with Gasteiger partial charge in [0.2, 0.25) is 0 Å². The predicted molar refractivity (Wildman–Crippen MR) is 86.4 cm³/mol. The quantitative estimate of drug-likeness (QED) is 0.785. The molecule has 1 heterocycles. The Bertz CT molecular complexity index is 408. The normalized spacial score (nSPS) is 20.1. The molecule has 1 aromatic heterocycles. The topological polar surface area (TPSA) is 39.1 Å². The number of aromatic nitrogens is 2. The minimum atomic E-state index is -0.0151. The van der Waals surface area contributed by atoms with Crippen molar-refractivity contribution in [3.05, 3.63) is 18.0 Å². The summed E-state index contributed by atoms with van der Waals surface area (Å²) in [6, 6.07) is 2.48. The highest BCUT2D eigenvalue weighted by molar-refractivity contribution is 5.06. The Morgan fingerprint density at radius 1 is 1.29 bits per heavy atom. The van der Waals surface area contributed by atoms with Gasteiger partial charge in [0.25, 0.3) is 0 Å². The Balaban J connectivity index is 2.17. The molecule has 120 valence electrons. The SMILES string of the molecule is CCNC(Cc1ccn(C)n1)C1(OCC)CCCCCC1. The lowest BCUT2D eigenvalue weighted by atomic mass is 9.83. The molecule has 1 aromatic rings. The maximum Gasteiger partial charge on any atom is 0.0838 e. The molecule has 4 heteroatoms. The van der Waals surface area contributed by atoms with Crippen LogP contribution in [0.4, 0.5) is 0 Å². The number of likely N-dealkylation sites (N-methyl/N-ethyl adjacent to an activating group) is 1. The molecule has 1 atom stereocenters. The number of hydrogen-bond acceptors (Lipinski definition) is 3. The molecule has 1 unspecified atom stereocenters. The number of nitrogens with zero attached hydrogens (tertiary/aromatic N) is 2. The van der Waals surface area contributed by atoms with Gasteiger partial charge in [0.05, 0.1) is 11.3 Å². The Kier molecular flexibility index (Phi) is 6.24. The largest absolute Gasteiger partial charge is 0.374 e. The van der Waals surface area contributed by atoms with E-state index in [1.165, 1.54) is 38.5 Å². The molecule has 1 N–H and O–H groups in total. The standard InChI is InChI=1S/C17H31N3O/c1-4-18-16(14-15-10-13-20(3)19-15)17(21-5-2)11-8-6-7-9-12-17/h10,13,16,18H,4-9,11-12,14H2,1-3H3. The van der Waals surface area contributed by atoms with Crippen molar-refractivity contribution in [2.24, 2.45) is 7.05 Å². The van der Waals surface area contributed by atoms with Crippen molar-refractivity contribution in [2.75, 3.05) is 13.2 Å². The lowest BCUT2D eigenvalue weighted by Crippen LogP contribution is -2.53. The highest BCUT2D eigenvalue weighted by Gasteiger charge is 2.39. The summed E-state index contributed by atoms with van der Waals surface area (Å²) in [6.07, 6.45) is 10.6. The maximum absolute atomic E-state index is 6.35. The molecule has 0 aromatic carbocycles. The van der Waals surface area contributed by atoms with Gasteiger partial charge in [-0.25, -0.2) is 0 Å². The van der Waals surface area contributed by atoms with Gasteiger partial charge in [-0.1, -0.05) is 32.6 Å². The van der Waals surface area contributed by atoms with Gasteiger partial charge in [-0.05, 0) is 32.4 Å². The van der Waals surface area contributed by atoms with Gasteiger partial charge < -0.3 is 10.1 Å². The Hall–Kier alpha value is -0.870. The monoisotopic (exact) mass is 293 g/mol. The zero-order valence-corrected chi connectivity index (χ0v) is 13.9. The van der Waals surface area contributed by atoms with E-state index in [9.17, 15) is 0 Å². The van der Waals surface area contributed by atoms with Gasteiger partial charge in [-0.2, -0.15) is 5.10 Å². The first-order chi connectivity index (χ1) is 10.2. The average Bonchev–Trinajstić information content (AvgIpc) is 2.73. The van der Waals surface area contributed by atoms with E-state index in [2.05, 4.69) is 30.3 Å². The van der Waals surface area contributed by atoms with E-state index in [4.69, 9.17) is 4.74 Å². The molecule has 0 aliphatic heterocycles. The van der Waals surface area contributed by atoms with E-state index in [0.29, 0.717) is 6.04 Å². The minimum Gasteiger partial charge on any atom is -0.374 e. The van der Waals surface area contributed by atoms with E-state index >= 15 is 0 Å². The average molecular weight is 293 g/mol. The van der Waals surface area contributed by atoms with Crippen molar-refractivity contribution in [2.45, 2.75) is 70.4 Å². The van der Waals surface area contributed by atoms with Crippen LogP contribution in [0.3, 0.4) is 0 Å². The second kappa shape index (κ2) is 7.95. The molecule has 1 aliphatic carbocycles. The van der Waals surface area contributed by atoms with Crippen LogP contribution in [-0.4, -0.2) is 34.6 Å². The number of rotatable bonds is 7. The van der Waals surface area contributed by atoms with Crippen molar-refractivity contribution in [3.8, 4) is 0 Å². The van der Waals surface area contributed by atoms with E-state index in [1.54, 1.807) is 0 Å². The molecule has 21 heavy (non-hydrogen) atoms. The first-order valence-electron chi connectivity index (χ1n) is 8.56. The minimum absolute atomic E-state index is 0.0151. The highest BCUT2D eigenvalue weighted by atomic mass is 16.5. The first-order valence-corrected chi connectivity index (χ1v) is 8.56. The summed E-state index contributed by atoms with van der Waals surface area (Å²) in [6.45, 7) is 6.08. The molecule has 1 aliphatic rings. The van der Waals surface area contributed by atoms with Crippen LogP contribution < -0.4 is 5.32 Å². The molecular formula is C17H31N3O. The molecule has 1 fully saturated rings. The van der Waals surface area contributed by atoms with Gasteiger partial charge >= 0.3 is 0 Å². The summed E-state index contributed by atoms with van der Waals surface area (Å²) in [5.41, 5.74) is 1.14. The van der Waals surface area contributed by atoms with Crippen LogP contribution in [0, 0.1) is 0 Å². The van der Waals surface area contributed by atoms with Crippen LogP contribution in [0.25, 0.3) is 0 Å². The number of hydrogen-bond donors (Lipinski definition) is 1. The van der Waals surface area contributed by atoms with Crippen molar-refractivity contribution in [1.29, 1.82) is 0 Å². The van der Waals surface area contributed by atoms with Crippen LogP contribution in [0.5, 0.6) is 0 Å². The van der Waals surface area contributed by atoms with Crippen molar-refractivity contribution >= 4 is 0 Å². The second-order valence-electron chi connectivity index (χ2n) is 6.21. The van der Waals surface area contributed by atoms with Crippen molar-refractivity contribution in [1.82, 2.24) is 15.1 Å².